The van der Waals surface area contributed by atoms with E-state index in [9.17, 15) is 28.5 Å². The number of amides is 1. The highest BCUT2D eigenvalue weighted by molar-refractivity contribution is 9.08. The van der Waals surface area contributed by atoms with E-state index in [1.54, 1.807) is 6.92 Å². The van der Waals surface area contributed by atoms with Gasteiger partial charge >= 0.3 is 12.1 Å². The first-order chi connectivity index (χ1) is 17.2. The quantitative estimate of drug-likeness (QED) is 0.143. The topological polar surface area (TPSA) is 111 Å². The Morgan fingerprint density at radius 2 is 1.78 bits per heavy atom. The lowest BCUT2D eigenvalue weighted by atomic mass is 10.1. The van der Waals surface area contributed by atoms with Crippen LogP contribution in [0.3, 0.4) is 0 Å². The Kier molecular flexibility index (Phi) is 9.07. The third kappa shape index (κ3) is 5.69. The van der Waals surface area contributed by atoms with Gasteiger partial charge in [-0.3, -0.25) is 15.0 Å². The van der Waals surface area contributed by atoms with Crippen molar-refractivity contribution >= 4 is 50.0 Å². The number of nitrogens with zero attached hydrogens (tertiary/aromatic N) is 2. The van der Waals surface area contributed by atoms with Crippen molar-refractivity contribution in [2.45, 2.75) is 18.8 Å². The average molecular weight is 584 g/mol. The molecule has 0 fully saturated rings. The lowest BCUT2D eigenvalue weighted by Crippen LogP contribution is -2.35. The molecule has 0 radical (unpaired) electrons. The number of carbonyl (C=O) groups is 2. The number of ether oxygens (including phenoxy) is 1. The van der Waals surface area contributed by atoms with Gasteiger partial charge in [0.15, 0.2) is 0 Å². The molecule has 0 aliphatic carbocycles. The Balaban J connectivity index is 2.25. The van der Waals surface area contributed by atoms with Crippen molar-refractivity contribution in [3.8, 4) is 10.4 Å². The van der Waals surface area contributed by atoms with E-state index in [1.165, 1.54) is 37.4 Å². The number of rotatable bonds is 9. The summed E-state index contributed by atoms with van der Waals surface area (Å²) in [7, 11) is 1.33. The minimum Gasteiger partial charge on any atom is -0.462 e. The zero-order chi connectivity index (χ0) is 26.4. The van der Waals surface area contributed by atoms with Crippen LogP contribution in [0, 0.1) is 21.7 Å². The lowest BCUT2D eigenvalue weighted by Gasteiger charge is -2.22. The van der Waals surface area contributed by atoms with Crippen LogP contribution in [0.4, 0.5) is 24.3 Å². The van der Waals surface area contributed by atoms with Gasteiger partial charge in [-0.05, 0) is 42.3 Å². The zero-order valence-electron chi connectivity index (χ0n) is 19.0. The number of hydrogen-bond donors (Lipinski definition) is 1. The maximum absolute atomic E-state index is 14.5. The Bertz CT molecular complexity index is 1270. The second kappa shape index (κ2) is 12.0. The summed E-state index contributed by atoms with van der Waals surface area (Å²) in [5, 5.41) is 11.2. The highest BCUT2D eigenvalue weighted by atomic mass is 79.9. The van der Waals surface area contributed by atoms with Crippen LogP contribution >= 0.6 is 27.3 Å². The number of anilines is 1. The summed E-state index contributed by atoms with van der Waals surface area (Å²) in [6.07, 6.45) is -1.02. The predicted molar refractivity (Wildman–Crippen MR) is 133 cm³/mol. The fourth-order valence-electron chi connectivity index (χ4n) is 3.35. The molecule has 1 aromatic heterocycles. The number of benzene rings is 2. The molecule has 13 heteroatoms. The van der Waals surface area contributed by atoms with Crippen LogP contribution in [0.1, 0.15) is 28.4 Å². The fraction of sp³-hybridized carbons (Fsp3) is 0.217. The van der Waals surface area contributed by atoms with Gasteiger partial charge in [0.25, 0.3) is 5.69 Å². The Morgan fingerprint density at radius 3 is 2.31 bits per heavy atom. The van der Waals surface area contributed by atoms with Crippen LogP contribution in [0.5, 0.6) is 0 Å². The summed E-state index contributed by atoms with van der Waals surface area (Å²) in [5.74, 6) is -2.53. The maximum Gasteiger partial charge on any atom is 0.434 e. The highest BCUT2D eigenvalue weighted by Gasteiger charge is 2.33. The molecule has 0 aliphatic rings. The molecule has 0 unspecified atom stereocenters. The monoisotopic (exact) mass is 583 g/mol. The highest BCUT2D eigenvalue weighted by Crippen LogP contribution is 2.45. The van der Waals surface area contributed by atoms with E-state index in [1.807, 2.05) is 0 Å². The maximum atomic E-state index is 14.5. The fourth-order valence-corrected chi connectivity index (χ4v) is 5.40. The molecule has 0 spiro atoms. The van der Waals surface area contributed by atoms with Crippen molar-refractivity contribution < 1.29 is 32.9 Å². The Labute approximate surface area is 216 Å². The molecule has 3 aromatic rings. The number of hydrogen-bond acceptors (Lipinski definition) is 8. The predicted octanol–water partition coefficient (Wildman–Crippen LogP) is 5.95. The Hall–Kier alpha value is -3.42. The molecule has 2 aromatic carbocycles. The van der Waals surface area contributed by atoms with Crippen LogP contribution in [-0.4, -0.2) is 30.6 Å². The van der Waals surface area contributed by atoms with Gasteiger partial charge in [0.05, 0.1) is 23.6 Å². The van der Waals surface area contributed by atoms with Gasteiger partial charge in [-0.15, -0.1) is 11.3 Å². The molecule has 0 bridgehead atoms. The van der Waals surface area contributed by atoms with Crippen molar-refractivity contribution in [3.63, 3.8) is 0 Å². The molecule has 3 rings (SSSR count). The minimum absolute atomic E-state index is 0.00289. The largest absolute Gasteiger partial charge is 0.462 e. The van der Waals surface area contributed by atoms with Crippen molar-refractivity contribution in [2.24, 2.45) is 0 Å². The van der Waals surface area contributed by atoms with E-state index in [-0.39, 0.29) is 28.2 Å². The molecule has 0 saturated heterocycles. The van der Waals surface area contributed by atoms with E-state index in [0.717, 1.165) is 28.4 Å². The van der Waals surface area contributed by atoms with Crippen molar-refractivity contribution in [2.75, 3.05) is 18.6 Å². The first-order valence-corrected chi connectivity index (χ1v) is 12.4. The number of alkyl halides is 1. The van der Waals surface area contributed by atoms with Gasteiger partial charge in [-0.1, -0.05) is 22.0 Å². The SMILES string of the molecule is CCOC(=O)c1c(N(Cc2c(F)cccc2F)C(=O)ONC)sc(-c2ccc([N+](=O)[O-])cc2)c1CBr. The summed E-state index contributed by atoms with van der Waals surface area (Å²) < 4.78 is 34.2. The molecule has 1 N–H and O–H groups in total. The summed E-state index contributed by atoms with van der Waals surface area (Å²) in [6, 6.07) is 8.90. The summed E-state index contributed by atoms with van der Waals surface area (Å²) in [4.78, 5) is 42.8. The first kappa shape index (κ1) is 27.2. The van der Waals surface area contributed by atoms with Crippen LogP contribution in [0.2, 0.25) is 0 Å². The second-order valence-electron chi connectivity index (χ2n) is 7.11. The van der Waals surface area contributed by atoms with Gasteiger partial charge in [-0.25, -0.2) is 18.4 Å². The third-order valence-corrected chi connectivity index (χ3v) is 6.84. The van der Waals surface area contributed by atoms with Crippen molar-refractivity contribution in [3.05, 3.63) is 80.9 Å². The molecule has 190 valence electrons. The van der Waals surface area contributed by atoms with Gasteiger partial charge in [0.1, 0.15) is 16.6 Å². The smallest absolute Gasteiger partial charge is 0.434 e. The molecule has 1 amide bonds. The van der Waals surface area contributed by atoms with Gasteiger partial charge in [-0.2, -0.15) is 5.48 Å². The zero-order valence-corrected chi connectivity index (χ0v) is 21.5. The van der Waals surface area contributed by atoms with E-state index in [2.05, 4.69) is 21.4 Å². The van der Waals surface area contributed by atoms with Crippen molar-refractivity contribution in [1.29, 1.82) is 0 Å². The standard InChI is InChI=1S/C23H20BrF2N3O6S/c1-3-34-22(30)19-15(11-24)20(13-7-9-14(10-8-13)29(32)33)36-21(19)28(23(31)35-27-2)12-16-17(25)5-4-6-18(16)26/h4-10,27H,3,11-12H2,1-2H3. The minimum atomic E-state index is -1.02. The summed E-state index contributed by atoms with van der Waals surface area (Å²) in [6.45, 7) is 1.05. The normalized spacial score (nSPS) is 10.7. The van der Waals surface area contributed by atoms with Crippen LogP contribution in [0.25, 0.3) is 10.4 Å². The second-order valence-corrected chi connectivity index (χ2v) is 8.67. The number of halogens is 3. The molecule has 36 heavy (non-hydrogen) atoms. The molecule has 0 saturated carbocycles. The Morgan fingerprint density at radius 1 is 1.14 bits per heavy atom. The summed E-state index contributed by atoms with van der Waals surface area (Å²) >= 11 is 4.33. The van der Waals surface area contributed by atoms with Gasteiger partial charge < -0.3 is 9.57 Å². The molecule has 9 nitrogen and oxygen atoms in total. The van der Waals surface area contributed by atoms with E-state index in [0.29, 0.717) is 16.0 Å². The first-order valence-electron chi connectivity index (χ1n) is 10.4. The number of nitrogens with one attached hydrogen (secondary N) is 1. The molecule has 1 heterocycles. The number of thiophene rings is 1. The number of non-ortho nitro benzene ring substituents is 1. The lowest BCUT2D eigenvalue weighted by molar-refractivity contribution is -0.384. The van der Waals surface area contributed by atoms with E-state index < -0.39 is 40.7 Å². The van der Waals surface area contributed by atoms with E-state index >= 15 is 0 Å². The van der Waals surface area contributed by atoms with Crippen LogP contribution in [0.15, 0.2) is 42.5 Å². The number of esters is 1. The molecular weight excluding hydrogens is 564 g/mol. The van der Waals surface area contributed by atoms with Crippen molar-refractivity contribution in [1.82, 2.24) is 5.48 Å². The average Bonchev–Trinajstić information content (AvgIpc) is 3.23. The van der Waals surface area contributed by atoms with Crippen LogP contribution < -0.4 is 10.4 Å². The molecule has 0 atom stereocenters. The van der Waals surface area contributed by atoms with Gasteiger partial charge in [0, 0.05) is 35.0 Å². The number of nitro benzene ring substituents is 1. The number of carbonyl (C=O) groups excluding carboxylic acids is 2. The van der Waals surface area contributed by atoms with Gasteiger partial charge in [0.2, 0.25) is 0 Å². The summed E-state index contributed by atoms with van der Waals surface area (Å²) in [5.41, 5.74) is 2.64. The molecule has 0 aliphatic heterocycles. The third-order valence-electron chi connectivity index (χ3n) is 4.97. The van der Waals surface area contributed by atoms with Crippen LogP contribution in [-0.2, 0) is 21.4 Å². The van der Waals surface area contributed by atoms with E-state index in [4.69, 9.17) is 9.57 Å². The number of nitro groups is 1. The number of hydroxylamine groups is 1. The molecular formula is C23H20BrF2N3O6S.